The molecule has 24 heavy (non-hydrogen) atoms. The van der Waals surface area contributed by atoms with Crippen molar-refractivity contribution in [1.29, 1.82) is 0 Å². The minimum atomic E-state index is -4.20. The Bertz CT molecular complexity index is 654. The fourth-order valence-corrected chi connectivity index (χ4v) is 2.51. The normalized spacial score (nSPS) is 21.5. The Morgan fingerprint density at radius 1 is 1.04 bits per heavy atom. The van der Waals surface area contributed by atoms with Gasteiger partial charge < -0.3 is 25.2 Å². The summed E-state index contributed by atoms with van der Waals surface area (Å²) in [5, 5.41) is 41.6. The molecule has 0 amide bonds. The fraction of sp³-hybridized carbons (Fsp3) is 0.615. The van der Waals surface area contributed by atoms with Crippen LogP contribution in [0, 0.1) is 0 Å². The van der Waals surface area contributed by atoms with Gasteiger partial charge in [0.25, 0.3) is 0 Å². The molecule has 0 unspecified atom stereocenters. The number of Topliss-reactive ketones (excluding diaryl/α,β-unsaturated/α-hetero) is 4. The number of esters is 1. The van der Waals surface area contributed by atoms with Gasteiger partial charge in [-0.25, -0.2) is 4.79 Å². The van der Waals surface area contributed by atoms with Gasteiger partial charge in [-0.1, -0.05) is 0 Å². The monoisotopic (exact) mass is 415 g/mol. The summed E-state index contributed by atoms with van der Waals surface area (Å²) in [5.74, 6) is -9.71. The molecule has 0 aliphatic carbocycles. The summed E-state index contributed by atoms with van der Waals surface area (Å²) in [4.78, 5) is 59.7. The lowest BCUT2D eigenvalue weighted by atomic mass is 9.69. The third-order valence-corrected chi connectivity index (χ3v) is 4.21. The highest BCUT2D eigenvalue weighted by Crippen LogP contribution is 2.42. The third kappa shape index (κ3) is 3.05. The van der Waals surface area contributed by atoms with Gasteiger partial charge in [0, 0.05) is 11.0 Å². The van der Waals surface area contributed by atoms with Gasteiger partial charge in [-0.15, -0.1) is 0 Å². The summed E-state index contributed by atoms with van der Waals surface area (Å²) >= 11 is 2.19. The van der Waals surface area contributed by atoms with Crippen LogP contribution in [-0.2, 0) is 28.7 Å². The molecule has 0 fully saturated rings. The Hall–Kier alpha value is -1.53. The van der Waals surface area contributed by atoms with E-state index in [9.17, 15) is 44.4 Å². The number of carbonyl (C=O) groups excluding carboxylic acids is 5. The number of alkyl halides is 1. The summed E-state index contributed by atoms with van der Waals surface area (Å²) in [6.45, 7) is -4.36. The molecule has 0 aliphatic rings. The predicted molar refractivity (Wildman–Crippen MR) is 78.8 cm³/mol. The van der Waals surface area contributed by atoms with E-state index >= 15 is 0 Å². The Labute approximate surface area is 148 Å². The molecule has 0 aliphatic heterocycles. The summed E-state index contributed by atoms with van der Waals surface area (Å²) in [7, 11) is 0.718. The van der Waals surface area contributed by atoms with E-state index < -0.39 is 71.6 Å². The van der Waals surface area contributed by atoms with Crippen LogP contribution in [0.25, 0.3) is 0 Å². The lowest BCUT2D eigenvalue weighted by Crippen LogP contribution is -2.78. The molecule has 136 valence electrons. The Balaban J connectivity index is 7.05. The van der Waals surface area contributed by atoms with Crippen molar-refractivity contribution in [2.24, 2.45) is 0 Å². The van der Waals surface area contributed by atoms with Crippen molar-refractivity contribution in [3.05, 3.63) is 0 Å². The number of hydrogen-bond donors (Lipinski definition) is 4. The van der Waals surface area contributed by atoms with Crippen LogP contribution in [0.15, 0.2) is 0 Å². The number of hydrogen-bond acceptors (Lipinski definition) is 10. The van der Waals surface area contributed by atoms with Crippen molar-refractivity contribution >= 4 is 45.0 Å². The van der Waals surface area contributed by atoms with E-state index in [1.807, 2.05) is 0 Å². The second-order valence-corrected chi connectivity index (χ2v) is 5.83. The maximum Gasteiger partial charge on any atom is 0.338 e. The summed E-state index contributed by atoms with van der Waals surface area (Å²) in [6.07, 6.45) is -2.91. The van der Waals surface area contributed by atoms with E-state index in [4.69, 9.17) is 4.11 Å². The average molecular weight is 416 g/mol. The van der Waals surface area contributed by atoms with Gasteiger partial charge in [0.15, 0.2) is 28.0 Å². The zero-order valence-corrected chi connectivity index (χ0v) is 13.9. The number of carbonyl (C=O) groups is 5. The first-order chi connectivity index (χ1) is 12.2. The van der Waals surface area contributed by atoms with Crippen molar-refractivity contribution in [3.8, 4) is 0 Å². The van der Waals surface area contributed by atoms with Gasteiger partial charge in [-0.2, -0.15) is 0 Å². The highest BCUT2D eigenvalue weighted by Gasteiger charge is 2.73. The molecular formula is C13H17BrO10. The molecule has 0 bridgehead atoms. The molecule has 0 radical (unpaired) electrons. The molecule has 0 aromatic heterocycles. The van der Waals surface area contributed by atoms with E-state index in [-0.39, 0.29) is 0 Å². The summed E-state index contributed by atoms with van der Waals surface area (Å²) in [5.41, 5.74) is -8.38. The van der Waals surface area contributed by atoms with Crippen molar-refractivity contribution < 1.29 is 53.2 Å². The molecule has 4 N–H and O–H groups in total. The van der Waals surface area contributed by atoms with Crippen molar-refractivity contribution in [2.75, 3.05) is 7.11 Å². The van der Waals surface area contributed by atoms with Crippen LogP contribution in [0.4, 0.5) is 0 Å². The zero-order valence-electron chi connectivity index (χ0n) is 15.3. The van der Waals surface area contributed by atoms with Crippen molar-refractivity contribution in [1.82, 2.24) is 0 Å². The lowest BCUT2D eigenvalue weighted by molar-refractivity contribution is -0.224. The minimum Gasteiger partial charge on any atom is -0.467 e. The second-order valence-electron chi connectivity index (χ2n) is 4.62. The number of halogens is 1. The van der Waals surface area contributed by atoms with Crippen molar-refractivity contribution in [2.45, 2.75) is 42.5 Å². The van der Waals surface area contributed by atoms with Crippen LogP contribution in [0.2, 0.25) is 0 Å². The number of rotatable bonds is 8. The Kier molecular flexibility index (Phi) is 5.15. The number of ketones is 4. The minimum absolute atomic E-state index is 0.718. The van der Waals surface area contributed by atoms with Crippen LogP contribution in [0.5, 0.6) is 0 Å². The maximum absolute atomic E-state index is 12.2. The molecule has 0 aromatic rings. The van der Waals surface area contributed by atoms with Gasteiger partial charge in [0.2, 0.25) is 17.0 Å². The van der Waals surface area contributed by atoms with Gasteiger partial charge in [-0.05, 0) is 29.7 Å². The smallest absolute Gasteiger partial charge is 0.338 e. The van der Waals surface area contributed by atoms with E-state index in [1.165, 1.54) is 0 Å². The summed E-state index contributed by atoms with van der Waals surface area (Å²) in [6, 6.07) is 0. The van der Waals surface area contributed by atoms with Crippen LogP contribution < -0.4 is 0 Å². The molecule has 0 heterocycles. The number of aliphatic hydroxyl groups is 4. The Morgan fingerprint density at radius 3 is 1.92 bits per heavy atom. The van der Waals surface area contributed by atoms with E-state index in [0.29, 0.717) is 0 Å². The molecule has 0 saturated heterocycles. The topological polar surface area (TPSA) is 175 Å². The molecular weight excluding hydrogens is 396 g/mol. The number of methoxy groups -OCH3 is 1. The van der Waals surface area contributed by atoms with E-state index in [2.05, 4.69) is 20.7 Å². The summed E-state index contributed by atoms with van der Waals surface area (Å²) < 4.78 is 21.3. The zero-order chi connectivity index (χ0) is 21.8. The SMILES string of the molecule is [2H]CC(=O)C(=O)[C@@](O)(C(=O)C[2H])[C@](O)(C(=O)C[2H])[C@@](O)(Br)[C@H](O)C(=O)OC. The van der Waals surface area contributed by atoms with Gasteiger partial charge in [0.05, 0.1) is 7.11 Å². The number of aliphatic hydroxyl groups excluding tert-OH is 1. The van der Waals surface area contributed by atoms with Crippen LogP contribution in [0.1, 0.15) is 24.8 Å². The van der Waals surface area contributed by atoms with Crippen molar-refractivity contribution in [3.63, 3.8) is 0 Å². The first kappa shape index (κ1) is 17.3. The third-order valence-electron chi connectivity index (χ3n) is 3.21. The first-order valence-corrected chi connectivity index (χ1v) is 6.68. The van der Waals surface area contributed by atoms with Crippen LogP contribution >= 0.6 is 15.9 Å². The maximum atomic E-state index is 12.2. The Morgan fingerprint density at radius 2 is 1.54 bits per heavy atom. The molecule has 10 nitrogen and oxygen atoms in total. The average Bonchev–Trinajstić information content (AvgIpc) is 2.67. The molecule has 4 atom stereocenters. The quantitative estimate of drug-likeness (QED) is 0.142. The lowest BCUT2D eigenvalue weighted by Gasteiger charge is -2.46. The van der Waals surface area contributed by atoms with Crippen LogP contribution in [0.3, 0.4) is 0 Å². The standard InChI is InChI=1S/C13H17BrO10/c1-5(15)8(18)11(21,6(2)16)12(22,7(3)17)13(14,23)9(19)10(20)24-4/h9,19,21-23H,1-4H3/t9-,11+,12-,13-/m1/s1/i1D,2D,3D. The fourth-order valence-electron chi connectivity index (χ4n) is 1.81. The highest BCUT2D eigenvalue weighted by atomic mass is 79.9. The molecule has 0 saturated carbocycles. The van der Waals surface area contributed by atoms with Crippen LogP contribution in [-0.4, -0.2) is 78.5 Å². The molecule has 0 rings (SSSR count). The molecule has 11 heteroatoms. The van der Waals surface area contributed by atoms with E-state index in [1.54, 1.807) is 0 Å². The number of ether oxygens (including phenoxy) is 1. The molecule has 0 spiro atoms. The first-order valence-electron chi connectivity index (χ1n) is 8.01. The van der Waals surface area contributed by atoms with Gasteiger partial charge in [-0.3, -0.25) is 19.2 Å². The largest absolute Gasteiger partial charge is 0.467 e. The van der Waals surface area contributed by atoms with Gasteiger partial charge >= 0.3 is 5.97 Å². The predicted octanol–water partition coefficient (Wildman–Crippen LogP) is -2.60. The van der Waals surface area contributed by atoms with Gasteiger partial charge in [0.1, 0.15) is 0 Å². The van der Waals surface area contributed by atoms with E-state index in [0.717, 1.165) is 7.11 Å². The second kappa shape index (κ2) is 7.15. The molecule has 0 aromatic carbocycles. The highest BCUT2D eigenvalue weighted by molar-refractivity contribution is 9.10.